The zero-order valence-corrected chi connectivity index (χ0v) is 8.30. The number of nitrogens with zero attached hydrogens (tertiary/aromatic N) is 3. The Labute approximate surface area is 83.6 Å². The van der Waals surface area contributed by atoms with Gasteiger partial charge in [-0.2, -0.15) is 0 Å². The third-order valence-electron chi connectivity index (χ3n) is 2.70. The van der Waals surface area contributed by atoms with Crippen molar-refractivity contribution in [2.75, 3.05) is 18.5 Å². The smallest absolute Gasteiger partial charge is 0.131 e. The molecule has 1 saturated carbocycles. The molecule has 1 heterocycles. The van der Waals surface area contributed by atoms with Crippen LogP contribution in [0, 0.1) is 5.92 Å². The van der Waals surface area contributed by atoms with Gasteiger partial charge >= 0.3 is 0 Å². The van der Waals surface area contributed by atoms with E-state index in [4.69, 9.17) is 5.11 Å². The molecule has 0 aliphatic heterocycles. The zero-order chi connectivity index (χ0) is 9.97. The lowest BCUT2D eigenvalue weighted by molar-refractivity contribution is 0.0464. The van der Waals surface area contributed by atoms with Crippen molar-refractivity contribution in [2.45, 2.75) is 18.9 Å². The van der Waals surface area contributed by atoms with Crippen LogP contribution in [-0.4, -0.2) is 34.8 Å². The van der Waals surface area contributed by atoms with E-state index in [0.29, 0.717) is 5.92 Å². The molecule has 1 aliphatic carbocycles. The molecule has 14 heavy (non-hydrogen) atoms. The van der Waals surface area contributed by atoms with E-state index in [9.17, 15) is 0 Å². The number of hydrogen-bond donors (Lipinski definition) is 1. The fourth-order valence-corrected chi connectivity index (χ4v) is 1.84. The average Bonchev–Trinajstić information content (AvgIpc) is 2.17. The molecule has 4 nitrogen and oxygen atoms in total. The summed E-state index contributed by atoms with van der Waals surface area (Å²) in [4.78, 5) is 10.1. The molecule has 76 valence electrons. The van der Waals surface area contributed by atoms with Gasteiger partial charge in [0.05, 0.1) is 6.10 Å². The van der Waals surface area contributed by atoms with Gasteiger partial charge in [0.15, 0.2) is 0 Å². The quantitative estimate of drug-likeness (QED) is 0.767. The molecule has 1 N–H and O–H groups in total. The van der Waals surface area contributed by atoms with Crippen LogP contribution < -0.4 is 4.90 Å². The third-order valence-corrected chi connectivity index (χ3v) is 2.70. The molecule has 1 fully saturated rings. The van der Waals surface area contributed by atoms with Crippen LogP contribution >= 0.6 is 0 Å². The Morgan fingerprint density at radius 2 is 2.36 bits per heavy atom. The predicted octanol–water partition coefficient (Wildman–Crippen LogP) is 0.684. The largest absolute Gasteiger partial charge is 0.393 e. The maximum Gasteiger partial charge on any atom is 0.131 e. The van der Waals surface area contributed by atoms with Crippen LogP contribution in [0.25, 0.3) is 0 Å². The molecule has 0 radical (unpaired) electrons. The van der Waals surface area contributed by atoms with Gasteiger partial charge in [0.2, 0.25) is 0 Å². The van der Waals surface area contributed by atoms with Crippen LogP contribution in [0.5, 0.6) is 0 Å². The fourth-order valence-electron chi connectivity index (χ4n) is 1.84. The van der Waals surface area contributed by atoms with Crippen molar-refractivity contribution < 1.29 is 5.11 Å². The number of anilines is 1. The van der Waals surface area contributed by atoms with Crippen molar-refractivity contribution in [1.82, 2.24) is 9.97 Å². The Kier molecular flexibility index (Phi) is 2.63. The molecular formula is C10H15N3O. The summed E-state index contributed by atoms with van der Waals surface area (Å²) in [6.07, 6.45) is 5.08. The first-order chi connectivity index (χ1) is 6.75. The van der Waals surface area contributed by atoms with Crippen LogP contribution in [0.15, 0.2) is 18.6 Å². The van der Waals surface area contributed by atoms with E-state index in [1.807, 2.05) is 13.1 Å². The second kappa shape index (κ2) is 3.92. The van der Waals surface area contributed by atoms with E-state index in [2.05, 4.69) is 14.9 Å². The summed E-state index contributed by atoms with van der Waals surface area (Å²) in [5, 5.41) is 9.16. The topological polar surface area (TPSA) is 49.2 Å². The third kappa shape index (κ3) is 2.01. The summed E-state index contributed by atoms with van der Waals surface area (Å²) < 4.78 is 0. The lowest BCUT2D eigenvalue weighted by Crippen LogP contribution is -2.37. The molecule has 0 atom stereocenters. The van der Waals surface area contributed by atoms with Crippen molar-refractivity contribution in [1.29, 1.82) is 0 Å². The Balaban J connectivity index is 1.87. The van der Waals surface area contributed by atoms with Crippen LogP contribution in [0.1, 0.15) is 12.8 Å². The van der Waals surface area contributed by atoms with Gasteiger partial charge in [-0.3, -0.25) is 0 Å². The minimum absolute atomic E-state index is 0.0706. The van der Waals surface area contributed by atoms with Gasteiger partial charge in [0, 0.05) is 19.8 Å². The number of aliphatic hydroxyl groups excluding tert-OH is 1. The minimum Gasteiger partial charge on any atom is -0.393 e. The normalized spacial score (nSPS) is 25.6. The first-order valence-corrected chi connectivity index (χ1v) is 4.91. The monoisotopic (exact) mass is 193 g/mol. The molecule has 1 aliphatic rings. The molecule has 4 heteroatoms. The summed E-state index contributed by atoms with van der Waals surface area (Å²) in [6.45, 7) is 0.966. The standard InChI is InChI=1S/C10H15N3O/c1-13(6-8-4-9(14)5-8)10-2-3-11-7-12-10/h2-3,7-9,14H,4-6H2,1H3. The molecular weight excluding hydrogens is 178 g/mol. The molecule has 0 bridgehead atoms. The Hall–Kier alpha value is -1.16. The predicted molar refractivity (Wildman–Crippen MR) is 54.0 cm³/mol. The average molecular weight is 193 g/mol. The highest BCUT2D eigenvalue weighted by molar-refractivity contribution is 5.35. The van der Waals surface area contributed by atoms with Crippen molar-refractivity contribution in [3.05, 3.63) is 18.6 Å². The van der Waals surface area contributed by atoms with Crippen LogP contribution in [-0.2, 0) is 0 Å². The number of aliphatic hydroxyl groups is 1. The van der Waals surface area contributed by atoms with Crippen LogP contribution in [0.3, 0.4) is 0 Å². The van der Waals surface area contributed by atoms with Crippen molar-refractivity contribution >= 4 is 5.82 Å². The summed E-state index contributed by atoms with van der Waals surface area (Å²) in [6, 6.07) is 1.90. The highest BCUT2D eigenvalue weighted by Crippen LogP contribution is 2.28. The highest BCUT2D eigenvalue weighted by Gasteiger charge is 2.28. The van der Waals surface area contributed by atoms with Crippen molar-refractivity contribution in [2.24, 2.45) is 5.92 Å². The highest BCUT2D eigenvalue weighted by atomic mass is 16.3. The fraction of sp³-hybridized carbons (Fsp3) is 0.600. The first kappa shape index (κ1) is 9.40. The SMILES string of the molecule is CN(CC1CC(O)C1)c1ccncn1. The van der Waals surface area contributed by atoms with E-state index in [1.54, 1.807) is 12.5 Å². The molecule has 0 aromatic carbocycles. The maximum absolute atomic E-state index is 9.16. The molecule has 1 aromatic rings. The second-order valence-electron chi connectivity index (χ2n) is 3.94. The van der Waals surface area contributed by atoms with Crippen molar-refractivity contribution in [3.63, 3.8) is 0 Å². The van der Waals surface area contributed by atoms with Gasteiger partial charge in [-0.1, -0.05) is 0 Å². The van der Waals surface area contributed by atoms with Gasteiger partial charge in [-0.05, 0) is 24.8 Å². The zero-order valence-electron chi connectivity index (χ0n) is 8.30. The Morgan fingerprint density at radius 1 is 1.57 bits per heavy atom. The summed E-state index contributed by atoms with van der Waals surface area (Å²) in [5.74, 6) is 1.56. The van der Waals surface area contributed by atoms with Gasteiger partial charge in [0.25, 0.3) is 0 Å². The van der Waals surface area contributed by atoms with Crippen LogP contribution in [0.4, 0.5) is 5.82 Å². The van der Waals surface area contributed by atoms with E-state index >= 15 is 0 Å². The molecule has 1 aromatic heterocycles. The Morgan fingerprint density at radius 3 is 2.93 bits per heavy atom. The van der Waals surface area contributed by atoms with E-state index in [-0.39, 0.29) is 6.10 Å². The van der Waals surface area contributed by atoms with E-state index in [1.165, 1.54) is 0 Å². The van der Waals surface area contributed by atoms with Gasteiger partial charge in [-0.15, -0.1) is 0 Å². The Bertz CT molecular complexity index is 285. The summed E-state index contributed by atoms with van der Waals surface area (Å²) >= 11 is 0. The number of rotatable bonds is 3. The molecule has 0 spiro atoms. The van der Waals surface area contributed by atoms with Gasteiger partial charge in [-0.25, -0.2) is 9.97 Å². The van der Waals surface area contributed by atoms with Gasteiger partial charge < -0.3 is 10.0 Å². The molecule has 0 saturated heterocycles. The summed E-state index contributed by atoms with van der Waals surface area (Å²) in [5.41, 5.74) is 0. The maximum atomic E-state index is 9.16. The van der Waals surface area contributed by atoms with E-state index in [0.717, 1.165) is 25.2 Å². The molecule has 0 amide bonds. The van der Waals surface area contributed by atoms with E-state index < -0.39 is 0 Å². The van der Waals surface area contributed by atoms with Crippen molar-refractivity contribution in [3.8, 4) is 0 Å². The second-order valence-corrected chi connectivity index (χ2v) is 3.94. The molecule has 0 unspecified atom stereocenters. The minimum atomic E-state index is -0.0706. The lowest BCUT2D eigenvalue weighted by Gasteiger charge is -2.34. The van der Waals surface area contributed by atoms with Gasteiger partial charge in [0.1, 0.15) is 12.1 Å². The summed E-state index contributed by atoms with van der Waals surface area (Å²) in [7, 11) is 2.02. The molecule has 2 rings (SSSR count). The number of aromatic nitrogens is 2. The van der Waals surface area contributed by atoms with Crippen LogP contribution in [0.2, 0.25) is 0 Å². The number of hydrogen-bond acceptors (Lipinski definition) is 4. The lowest BCUT2D eigenvalue weighted by atomic mass is 9.82. The first-order valence-electron chi connectivity index (χ1n) is 4.91.